The van der Waals surface area contributed by atoms with Gasteiger partial charge in [-0.1, -0.05) is 23.2 Å². The van der Waals surface area contributed by atoms with Crippen molar-refractivity contribution in [1.29, 1.82) is 0 Å². The fraction of sp³-hybridized carbons (Fsp3) is 0.167. The maximum atomic E-state index is 5.64. The number of rotatable bonds is 1. The average Bonchev–Trinajstić information content (AvgIpc) is 1.95. The van der Waals surface area contributed by atoms with Crippen LogP contribution in [0.2, 0.25) is 10.2 Å². The molecule has 0 fully saturated rings. The van der Waals surface area contributed by atoms with E-state index in [-0.39, 0.29) is 0 Å². The van der Waals surface area contributed by atoms with Crippen molar-refractivity contribution in [2.24, 2.45) is 5.73 Å². The first kappa shape index (κ1) is 7.79. The third-order valence-electron chi connectivity index (χ3n) is 1.09. The minimum atomic E-state index is 0.318. The zero-order valence-electron chi connectivity index (χ0n) is 5.14. The van der Waals surface area contributed by atoms with Crippen molar-refractivity contribution < 1.29 is 0 Å². The highest BCUT2D eigenvalue weighted by Gasteiger charge is 1.97. The maximum absolute atomic E-state index is 5.64. The largest absolute Gasteiger partial charge is 0.326 e. The summed E-state index contributed by atoms with van der Waals surface area (Å²) >= 11 is 11.2. The van der Waals surface area contributed by atoms with Gasteiger partial charge in [0.2, 0.25) is 0 Å². The number of nitrogens with zero attached hydrogens (tertiary/aromatic N) is 1. The van der Waals surface area contributed by atoms with Gasteiger partial charge >= 0.3 is 0 Å². The highest BCUT2D eigenvalue weighted by atomic mass is 35.5. The number of aromatic nitrogens is 1. The molecule has 1 aromatic rings. The Balaban J connectivity index is 3.04. The normalized spacial score (nSPS) is 9.90. The van der Waals surface area contributed by atoms with Crippen LogP contribution in [0, 0.1) is 0 Å². The van der Waals surface area contributed by atoms with E-state index < -0.39 is 0 Å². The lowest BCUT2D eigenvalue weighted by Gasteiger charge is -1.96. The first-order valence-electron chi connectivity index (χ1n) is 2.74. The summed E-state index contributed by atoms with van der Waals surface area (Å²) in [5.41, 5.74) is 6.21. The van der Waals surface area contributed by atoms with Crippen molar-refractivity contribution in [3.8, 4) is 0 Å². The Morgan fingerprint density at radius 3 is 2.70 bits per heavy atom. The van der Waals surface area contributed by atoms with Crippen LogP contribution in [0.1, 0.15) is 5.56 Å². The second kappa shape index (κ2) is 3.19. The molecule has 54 valence electrons. The fourth-order valence-corrected chi connectivity index (χ4v) is 0.865. The van der Waals surface area contributed by atoms with Crippen molar-refractivity contribution in [2.45, 2.75) is 6.54 Å². The summed E-state index contributed by atoms with van der Waals surface area (Å²) in [6.45, 7) is 0.434. The van der Waals surface area contributed by atoms with Crippen LogP contribution in [0.15, 0.2) is 12.3 Å². The lowest BCUT2D eigenvalue weighted by atomic mass is 10.3. The van der Waals surface area contributed by atoms with Gasteiger partial charge in [-0.15, -0.1) is 0 Å². The Labute approximate surface area is 69.0 Å². The van der Waals surface area contributed by atoms with E-state index in [0.29, 0.717) is 16.7 Å². The Morgan fingerprint density at radius 1 is 1.50 bits per heavy atom. The number of hydrogen-bond donors (Lipinski definition) is 1. The smallest absolute Gasteiger partial charge is 0.147 e. The number of hydrogen-bond acceptors (Lipinski definition) is 2. The lowest BCUT2D eigenvalue weighted by Crippen LogP contribution is -1.96. The van der Waals surface area contributed by atoms with Crippen LogP contribution >= 0.6 is 23.2 Å². The monoisotopic (exact) mass is 176 g/mol. The lowest BCUT2D eigenvalue weighted by molar-refractivity contribution is 1.05. The van der Waals surface area contributed by atoms with Gasteiger partial charge in [0, 0.05) is 12.7 Å². The Bertz CT molecular complexity index is 237. The van der Waals surface area contributed by atoms with Crippen molar-refractivity contribution in [3.05, 3.63) is 28.0 Å². The van der Waals surface area contributed by atoms with Crippen LogP contribution in [0.25, 0.3) is 0 Å². The predicted molar refractivity (Wildman–Crippen MR) is 42.1 cm³/mol. The van der Waals surface area contributed by atoms with E-state index in [1.807, 2.05) is 0 Å². The second-order valence-electron chi connectivity index (χ2n) is 1.82. The molecule has 0 aliphatic rings. The first-order chi connectivity index (χ1) is 4.74. The summed E-state index contributed by atoms with van der Waals surface area (Å²) in [5.74, 6) is 0. The topological polar surface area (TPSA) is 38.9 Å². The second-order valence-corrected chi connectivity index (χ2v) is 2.59. The minimum Gasteiger partial charge on any atom is -0.326 e. The molecule has 1 heterocycles. The van der Waals surface area contributed by atoms with Crippen LogP contribution in [-0.2, 0) is 6.54 Å². The van der Waals surface area contributed by atoms with E-state index in [0.717, 1.165) is 5.56 Å². The molecule has 0 saturated carbocycles. The summed E-state index contributed by atoms with van der Waals surface area (Å²) in [5, 5.41) is 0.767. The molecule has 0 radical (unpaired) electrons. The molecule has 0 aromatic carbocycles. The molecule has 0 spiro atoms. The van der Waals surface area contributed by atoms with Crippen LogP contribution in [-0.4, -0.2) is 4.98 Å². The third kappa shape index (κ3) is 1.59. The molecule has 2 nitrogen and oxygen atoms in total. The first-order valence-corrected chi connectivity index (χ1v) is 3.49. The van der Waals surface area contributed by atoms with Crippen LogP contribution in [0.4, 0.5) is 0 Å². The molecule has 0 amide bonds. The molecular weight excluding hydrogens is 171 g/mol. The summed E-state index contributed by atoms with van der Waals surface area (Å²) < 4.78 is 0. The van der Waals surface area contributed by atoms with Gasteiger partial charge in [0.1, 0.15) is 5.15 Å². The molecule has 0 aliphatic carbocycles. The van der Waals surface area contributed by atoms with Gasteiger partial charge in [-0.3, -0.25) is 0 Å². The Kier molecular flexibility index (Phi) is 2.49. The number of nitrogens with two attached hydrogens (primary N) is 1. The molecule has 1 aromatic heterocycles. The van der Waals surface area contributed by atoms with Crippen molar-refractivity contribution in [1.82, 2.24) is 4.98 Å². The minimum absolute atomic E-state index is 0.318. The number of pyridine rings is 1. The maximum Gasteiger partial charge on any atom is 0.147 e. The van der Waals surface area contributed by atoms with Gasteiger partial charge in [0.25, 0.3) is 0 Å². The highest BCUT2D eigenvalue weighted by Crippen LogP contribution is 2.18. The molecule has 0 aliphatic heterocycles. The Morgan fingerprint density at radius 2 is 2.20 bits per heavy atom. The van der Waals surface area contributed by atoms with Gasteiger partial charge < -0.3 is 5.73 Å². The third-order valence-corrected chi connectivity index (χ3v) is 1.77. The fourth-order valence-electron chi connectivity index (χ4n) is 0.572. The zero-order chi connectivity index (χ0) is 7.56. The highest BCUT2D eigenvalue weighted by molar-refractivity contribution is 6.41. The van der Waals surface area contributed by atoms with E-state index in [4.69, 9.17) is 28.9 Å². The zero-order valence-corrected chi connectivity index (χ0v) is 6.65. The van der Waals surface area contributed by atoms with E-state index in [9.17, 15) is 0 Å². The molecule has 0 atom stereocenters. The standard InChI is InChI=1S/C6H6Cl2N2/c7-5-1-4(2-9)3-10-6(5)8/h1,3H,2,9H2. The van der Waals surface area contributed by atoms with E-state index in [1.54, 1.807) is 12.3 Å². The summed E-state index contributed by atoms with van der Waals surface area (Å²) in [7, 11) is 0. The van der Waals surface area contributed by atoms with Gasteiger partial charge in [0.05, 0.1) is 5.02 Å². The molecule has 4 heteroatoms. The molecule has 2 N–H and O–H groups in total. The van der Waals surface area contributed by atoms with Gasteiger partial charge in [-0.25, -0.2) is 4.98 Å². The summed E-state index contributed by atoms with van der Waals surface area (Å²) in [4.78, 5) is 3.80. The van der Waals surface area contributed by atoms with Crippen molar-refractivity contribution >= 4 is 23.2 Å². The summed E-state index contributed by atoms with van der Waals surface area (Å²) in [6, 6.07) is 1.71. The van der Waals surface area contributed by atoms with Crippen molar-refractivity contribution in [3.63, 3.8) is 0 Å². The SMILES string of the molecule is NCc1cnc(Cl)c(Cl)c1. The van der Waals surface area contributed by atoms with E-state index in [1.165, 1.54) is 0 Å². The quantitative estimate of drug-likeness (QED) is 0.664. The molecule has 0 saturated heterocycles. The van der Waals surface area contributed by atoms with Gasteiger partial charge in [-0.2, -0.15) is 0 Å². The molecule has 0 unspecified atom stereocenters. The van der Waals surface area contributed by atoms with Crippen LogP contribution < -0.4 is 5.73 Å². The Hall–Kier alpha value is -0.310. The molecule has 0 bridgehead atoms. The predicted octanol–water partition coefficient (Wildman–Crippen LogP) is 1.85. The number of halogens is 2. The molecular formula is C6H6Cl2N2. The van der Waals surface area contributed by atoms with E-state index in [2.05, 4.69) is 4.98 Å². The molecule has 1 rings (SSSR count). The van der Waals surface area contributed by atoms with Crippen LogP contribution in [0.5, 0.6) is 0 Å². The summed E-state index contributed by atoms with van der Waals surface area (Å²) in [6.07, 6.45) is 1.61. The van der Waals surface area contributed by atoms with E-state index >= 15 is 0 Å². The average molecular weight is 177 g/mol. The van der Waals surface area contributed by atoms with Crippen LogP contribution in [0.3, 0.4) is 0 Å². The van der Waals surface area contributed by atoms with Crippen molar-refractivity contribution in [2.75, 3.05) is 0 Å². The van der Waals surface area contributed by atoms with Gasteiger partial charge in [-0.05, 0) is 11.6 Å². The molecule has 10 heavy (non-hydrogen) atoms. The van der Waals surface area contributed by atoms with Gasteiger partial charge in [0.15, 0.2) is 0 Å².